The molecule has 1 saturated heterocycles. The zero-order chi connectivity index (χ0) is 14.2. The predicted octanol–water partition coefficient (Wildman–Crippen LogP) is 2.49. The fourth-order valence-electron chi connectivity index (χ4n) is 3.48. The van der Waals surface area contributed by atoms with Crippen LogP contribution in [0.1, 0.15) is 18.4 Å². The van der Waals surface area contributed by atoms with Crippen LogP contribution >= 0.6 is 11.8 Å². The summed E-state index contributed by atoms with van der Waals surface area (Å²) in [5.74, 6) is 2.59. The van der Waals surface area contributed by atoms with Gasteiger partial charge in [0.1, 0.15) is 12.1 Å². The van der Waals surface area contributed by atoms with Crippen molar-refractivity contribution in [3.05, 3.63) is 24.0 Å². The smallest absolute Gasteiger partial charge is 0.140 e. The van der Waals surface area contributed by atoms with Gasteiger partial charge in [0.05, 0.1) is 5.52 Å². The van der Waals surface area contributed by atoms with Crippen LogP contribution in [0.25, 0.3) is 10.9 Å². The molecule has 4 nitrogen and oxygen atoms in total. The van der Waals surface area contributed by atoms with E-state index in [1.54, 1.807) is 6.33 Å². The van der Waals surface area contributed by atoms with Gasteiger partial charge in [0.2, 0.25) is 0 Å². The lowest BCUT2D eigenvalue weighted by molar-refractivity contribution is 0.208. The molecule has 0 bridgehead atoms. The topological polar surface area (TPSA) is 49.2 Å². The molecule has 1 aromatic heterocycles. The molecule has 1 N–H and O–H groups in total. The van der Waals surface area contributed by atoms with E-state index in [1.807, 2.05) is 11.8 Å². The number of aliphatic hydroxyl groups is 1. The number of rotatable bonds is 2. The summed E-state index contributed by atoms with van der Waals surface area (Å²) in [5.41, 5.74) is 2.46. The number of aliphatic hydroxyl groups excluding tert-OH is 1. The van der Waals surface area contributed by atoms with Crippen LogP contribution < -0.4 is 4.90 Å². The average molecular weight is 301 g/mol. The van der Waals surface area contributed by atoms with E-state index in [4.69, 9.17) is 0 Å². The van der Waals surface area contributed by atoms with Crippen molar-refractivity contribution >= 4 is 28.5 Å². The summed E-state index contributed by atoms with van der Waals surface area (Å²) in [6.45, 7) is 2.20. The zero-order valence-electron chi connectivity index (χ0n) is 12.0. The number of anilines is 1. The number of piperidine rings is 1. The first-order chi connectivity index (χ1) is 10.4. The number of hydrogen-bond acceptors (Lipinski definition) is 5. The highest BCUT2D eigenvalue weighted by Crippen LogP contribution is 2.39. The van der Waals surface area contributed by atoms with Crippen LogP contribution in [0.2, 0.25) is 0 Å². The van der Waals surface area contributed by atoms with Gasteiger partial charge in [-0.3, -0.25) is 0 Å². The summed E-state index contributed by atoms with van der Waals surface area (Å²) in [6, 6.07) is 4.31. The van der Waals surface area contributed by atoms with Crippen molar-refractivity contribution < 1.29 is 5.11 Å². The molecule has 110 valence electrons. The third-order valence-electron chi connectivity index (χ3n) is 4.53. The lowest BCUT2D eigenvalue weighted by Crippen LogP contribution is -2.37. The highest BCUT2D eigenvalue weighted by molar-refractivity contribution is 7.99. The van der Waals surface area contributed by atoms with Gasteiger partial charge in [0.15, 0.2) is 0 Å². The van der Waals surface area contributed by atoms with Gasteiger partial charge >= 0.3 is 0 Å². The molecule has 1 fully saturated rings. The number of benzene rings is 1. The summed E-state index contributed by atoms with van der Waals surface area (Å²) >= 11 is 1.93. The molecule has 1 atom stereocenters. The van der Waals surface area contributed by atoms with E-state index in [9.17, 15) is 5.11 Å². The quantitative estimate of drug-likeness (QED) is 0.923. The minimum absolute atomic E-state index is 0.271. The summed E-state index contributed by atoms with van der Waals surface area (Å²) in [6.07, 6.45) is 5.02. The van der Waals surface area contributed by atoms with Crippen LogP contribution in [0.15, 0.2) is 23.4 Å². The van der Waals surface area contributed by atoms with E-state index in [0.29, 0.717) is 5.92 Å². The van der Waals surface area contributed by atoms with Gasteiger partial charge in [0, 0.05) is 35.7 Å². The molecule has 2 aromatic rings. The second kappa shape index (κ2) is 5.46. The third-order valence-corrected chi connectivity index (χ3v) is 5.64. The number of fused-ring (bicyclic) bond motifs is 3. The van der Waals surface area contributed by atoms with E-state index >= 15 is 0 Å². The molecule has 4 rings (SSSR count). The minimum Gasteiger partial charge on any atom is -0.396 e. The fraction of sp³-hybridized carbons (Fsp3) is 0.500. The summed E-state index contributed by atoms with van der Waals surface area (Å²) in [4.78, 5) is 12.8. The molecule has 1 aromatic carbocycles. The largest absolute Gasteiger partial charge is 0.396 e. The Morgan fingerprint density at radius 1 is 1.33 bits per heavy atom. The van der Waals surface area contributed by atoms with Crippen molar-refractivity contribution in [2.24, 2.45) is 5.92 Å². The van der Waals surface area contributed by atoms with Gasteiger partial charge < -0.3 is 10.0 Å². The molecule has 21 heavy (non-hydrogen) atoms. The minimum atomic E-state index is 0.271. The fourth-order valence-corrected chi connectivity index (χ4v) is 4.55. The Bertz CT molecular complexity index is 676. The first-order valence-corrected chi connectivity index (χ1v) is 8.60. The molecule has 0 amide bonds. The Labute approximate surface area is 128 Å². The standard InChI is InChI=1S/C16H19N3OS/c20-9-11-2-1-6-19(8-11)16-15-12-5-7-21-14(12)4-3-13(15)17-10-18-16/h3-4,10-11,20H,1-2,5-9H2. The van der Waals surface area contributed by atoms with E-state index in [0.717, 1.165) is 49.4 Å². The van der Waals surface area contributed by atoms with E-state index in [-0.39, 0.29) is 6.61 Å². The van der Waals surface area contributed by atoms with Crippen LogP contribution in [0.5, 0.6) is 0 Å². The average Bonchev–Trinajstić information content (AvgIpc) is 3.03. The molecular formula is C16H19N3OS. The van der Waals surface area contributed by atoms with Crippen molar-refractivity contribution in [1.82, 2.24) is 9.97 Å². The lowest BCUT2D eigenvalue weighted by atomic mass is 9.98. The maximum absolute atomic E-state index is 9.46. The SMILES string of the molecule is OCC1CCCN(c2ncnc3ccc4c(c23)CCS4)C1. The van der Waals surface area contributed by atoms with Crippen molar-refractivity contribution in [2.75, 3.05) is 30.3 Å². The van der Waals surface area contributed by atoms with Gasteiger partial charge in [-0.2, -0.15) is 0 Å². The second-order valence-electron chi connectivity index (χ2n) is 5.87. The Balaban J connectivity index is 1.83. The van der Waals surface area contributed by atoms with Gasteiger partial charge in [-0.1, -0.05) is 0 Å². The van der Waals surface area contributed by atoms with Crippen LogP contribution in [-0.2, 0) is 6.42 Å². The number of thioether (sulfide) groups is 1. The van der Waals surface area contributed by atoms with Crippen LogP contribution in [0.4, 0.5) is 5.82 Å². The van der Waals surface area contributed by atoms with Crippen LogP contribution in [-0.4, -0.2) is 40.5 Å². The van der Waals surface area contributed by atoms with Crippen molar-refractivity contribution in [2.45, 2.75) is 24.2 Å². The van der Waals surface area contributed by atoms with Gasteiger partial charge in [0.25, 0.3) is 0 Å². The molecule has 0 aliphatic carbocycles. The number of hydrogen-bond donors (Lipinski definition) is 1. The number of aryl methyl sites for hydroxylation is 1. The van der Waals surface area contributed by atoms with E-state index in [1.165, 1.54) is 15.8 Å². The number of aromatic nitrogens is 2. The van der Waals surface area contributed by atoms with E-state index < -0.39 is 0 Å². The molecular weight excluding hydrogens is 282 g/mol. The van der Waals surface area contributed by atoms with Crippen LogP contribution in [0, 0.1) is 5.92 Å². The maximum atomic E-state index is 9.46. The Hall–Kier alpha value is -1.33. The molecule has 0 spiro atoms. The van der Waals surface area contributed by atoms with Gasteiger partial charge in [-0.15, -0.1) is 11.8 Å². The zero-order valence-corrected chi connectivity index (χ0v) is 12.8. The third kappa shape index (κ3) is 2.28. The predicted molar refractivity (Wildman–Crippen MR) is 86.0 cm³/mol. The molecule has 1 unspecified atom stereocenters. The van der Waals surface area contributed by atoms with Gasteiger partial charge in [-0.25, -0.2) is 9.97 Å². The van der Waals surface area contributed by atoms with Crippen LogP contribution in [0.3, 0.4) is 0 Å². The molecule has 3 heterocycles. The molecule has 5 heteroatoms. The Morgan fingerprint density at radius 3 is 3.19 bits per heavy atom. The normalized spacial score (nSPS) is 21.8. The van der Waals surface area contributed by atoms with Crippen molar-refractivity contribution in [1.29, 1.82) is 0 Å². The first-order valence-electron chi connectivity index (χ1n) is 7.62. The van der Waals surface area contributed by atoms with Crippen molar-refractivity contribution in [3.8, 4) is 0 Å². The summed E-state index contributed by atoms with van der Waals surface area (Å²) in [5, 5.41) is 10.7. The Morgan fingerprint density at radius 2 is 2.29 bits per heavy atom. The molecule has 0 radical (unpaired) electrons. The summed E-state index contributed by atoms with van der Waals surface area (Å²) in [7, 11) is 0. The second-order valence-corrected chi connectivity index (χ2v) is 7.01. The highest BCUT2D eigenvalue weighted by atomic mass is 32.2. The number of nitrogens with zero attached hydrogens (tertiary/aromatic N) is 3. The van der Waals surface area contributed by atoms with Crippen molar-refractivity contribution in [3.63, 3.8) is 0 Å². The summed E-state index contributed by atoms with van der Waals surface area (Å²) < 4.78 is 0. The highest BCUT2D eigenvalue weighted by Gasteiger charge is 2.24. The first kappa shape index (κ1) is 13.3. The molecule has 2 aliphatic heterocycles. The van der Waals surface area contributed by atoms with Gasteiger partial charge in [-0.05, 0) is 42.9 Å². The molecule has 0 saturated carbocycles. The van der Waals surface area contributed by atoms with E-state index in [2.05, 4.69) is 27.0 Å². The lowest BCUT2D eigenvalue weighted by Gasteiger charge is -2.33. The Kier molecular flexibility index (Phi) is 3.47. The maximum Gasteiger partial charge on any atom is 0.140 e. The monoisotopic (exact) mass is 301 g/mol. The molecule has 2 aliphatic rings.